The third-order valence-electron chi connectivity index (χ3n) is 3.62. The first-order chi connectivity index (χ1) is 12.9. The maximum absolute atomic E-state index is 13.0. The average molecular weight is 400 g/mol. The molecular weight excluding hydrogens is 385 g/mol. The Bertz CT molecular complexity index is 899. The van der Waals surface area contributed by atoms with Gasteiger partial charge < -0.3 is 20.3 Å². The minimum atomic E-state index is -5.01. The first-order valence-electron chi connectivity index (χ1n) is 7.72. The van der Waals surface area contributed by atoms with Crippen molar-refractivity contribution in [1.82, 2.24) is 0 Å². The topological polar surface area (TPSA) is 122 Å². The van der Waals surface area contributed by atoms with Gasteiger partial charge in [0.05, 0.1) is 4.92 Å². The Morgan fingerprint density at radius 2 is 1.89 bits per heavy atom. The highest BCUT2D eigenvalue weighted by molar-refractivity contribution is 5.97. The molecule has 28 heavy (non-hydrogen) atoms. The number of hydrogen-bond acceptors (Lipinski definition) is 6. The van der Waals surface area contributed by atoms with Crippen molar-refractivity contribution in [1.29, 1.82) is 0 Å². The first kappa shape index (κ1) is 21.0. The number of alkyl halides is 3. The molecule has 0 aromatic heterocycles. The third-order valence-corrected chi connectivity index (χ3v) is 3.62. The van der Waals surface area contributed by atoms with Crippen LogP contribution in [0.2, 0.25) is 0 Å². The number of phenolic OH excluding ortho intramolecular Hbond substituents is 1. The summed E-state index contributed by atoms with van der Waals surface area (Å²) in [4.78, 5) is 21.8. The van der Waals surface area contributed by atoms with Gasteiger partial charge in [-0.15, -0.1) is 0 Å². The average Bonchev–Trinajstić information content (AvgIpc) is 2.60. The van der Waals surface area contributed by atoms with E-state index in [9.17, 15) is 38.3 Å². The Hall–Kier alpha value is -3.34. The predicted molar refractivity (Wildman–Crippen MR) is 91.0 cm³/mol. The number of benzene rings is 2. The van der Waals surface area contributed by atoms with Crippen LogP contribution in [0.1, 0.15) is 12.5 Å². The monoisotopic (exact) mass is 400 g/mol. The maximum Gasteiger partial charge on any atom is 0.423 e. The SMILES string of the molecule is CC(O)(COc1ccccc1O)C(=O)Nc1ccc([N+](=O)[O-])c(C(F)(F)F)c1. The Balaban J connectivity index is 2.16. The molecule has 0 radical (unpaired) electrons. The number of nitrogens with zero attached hydrogens (tertiary/aromatic N) is 1. The molecular formula is C17H15F3N2O6. The number of phenols is 1. The van der Waals surface area contributed by atoms with Gasteiger partial charge in [0.2, 0.25) is 0 Å². The molecule has 0 bridgehead atoms. The number of nitro groups is 1. The Kier molecular flexibility index (Phi) is 5.78. The van der Waals surface area contributed by atoms with Crippen LogP contribution in [0.5, 0.6) is 11.5 Å². The lowest BCUT2D eigenvalue weighted by Crippen LogP contribution is -2.45. The zero-order valence-corrected chi connectivity index (χ0v) is 14.4. The minimum Gasteiger partial charge on any atom is -0.504 e. The normalized spacial score (nSPS) is 13.5. The first-order valence-corrected chi connectivity index (χ1v) is 7.72. The number of hydrogen-bond donors (Lipinski definition) is 3. The van der Waals surface area contributed by atoms with Gasteiger partial charge in [-0.2, -0.15) is 13.2 Å². The molecule has 2 rings (SSSR count). The number of ether oxygens (including phenoxy) is 1. The molecule has 1 atom stereocenters. The third kappa shape index (κ3) is 4.88. The summed E-state index contributed by atoms with van der Waals surface area (Å²) in [5, 5.41) is 32.6. The van der Waals surface area contributed by atoms with Crippen LogP contribution in [-0.4, -0.2) is 33.3 Å². The number of nitro benzene ring substituents is 1. The molecule has 0 heterocycles. The summed E-state index contributed by atoms with van der Waals surface area (Å²) in [5.74, 6) is -1.35. The number of rotatable bonds is 6. The predicted octanol–water partition coefficient (Wildman–Crippen LogP) is 3.09. The number of halogens is 3. The largest absolute Gasteiger partial charge is 0.504 e. The molecule has 0 saturated carbocycles. The summed E-state index contributed by atoms with van der Waals surface area (Å²) in [5.41, 5.74) is -5.28. The molecule has 8 nitrogen and oxygen atoms in total. The highest BCUT2D eigenvalue weighted by atomic mass is 19.4. The second-order valence-corrected chi connectivity index (χ2v) is 5.97. The van der Waals surface area contributed by atoms with E-state index in [-0.39, 0.29) is 11.5 Å². The van der Waals surface area contributed by atoms with E-state index in [1.165, 1.54) is 18.2 Å². The number of amides is 1. The fourth-order valence-corrected chi connectivity index (χ4v) is 2.13. The summed E-state index contributed by atoms with van der Waals surface area (Å²) in [6.45, 7) is 0.438. The van der Waals surface area contributed by atoms with E-state index in [1.807, 2.05) is 0 Å². The van der Waals surface area contributed by atoms with Gasteiger partial charge in [-0.25, -0.2) is 0 Å². The molecule has 0 spiro atoms. The standard InChI is InChI=1S/C17H15F3N2O6/c1-16(25,9-28-14-5-3-2-4-13(14)23)15(24)21-10-6-7-12(22(26)27)11(8-10)17(18,19)20/h2-8,23,25H,9H2,1H3,(H,21,24). The van der Waals surface area contributed by atoms with Gasteiger partial charge in [-0.05, 0) is 31.2 Å². The molecule has 11 heteroatoms. The molecule has 2 aromatic rings. The van der Waals surface area contributed by atoms with E-state index in [0.29, 0.717) is 12.1 Å². The maximum atomic E-state index is 13.0. The number of aliphatic hydroxyl groups is 1. The van der Waals surface area contributed by atoms with E-state index in [0.717, 1.165) is 13.0 Å². The second-order valence-electron chi connectivity index (χ2n) is 5.97. The van der Waals surface area contributed by atoms with Gasteiger partial charge in [0.25, 0.3) is 11.6 Å². The second kappa shape index (κ2) is 7.72. The molecule has 1 unspecified atom stereocenters. The van der Waals surface area contributed by atoms with Crippen molar-refractivity contribution in [3.8, 4) is 11.5 Å². The number of para-hydroxylation sites is 2. The van der Waals surface area contributed by atoms with Crippen molar-refractivity contribution < 1.29 is 37.8 Å². The van der Waals surface area contributed by atoms with E-state index >= 15 is 0 Å². The molecule has 150 valence electrons. The molecule has 3 N–H and O–H groups in total. The van der Waals surface area contributed by atoms with E-state index < -0.39 is 46.2 Å². The zero-order chi connectivity index (χ0) is 21.1. The zero-order valence-electron chi connectivity index (χ0n) is 14.4. The molecule has 0 aliphatic heterocycles. The van der Waals surface area contributed by atoms with Crippen LogP contribution in [0, 0.1) is 10.1 Å². The van der Waals surface area contributed by atoms with Crippen LogP contribution in [-0.2, 0) is 11.0 Å². The van der Waals surface area contributed by atoms with Gasteiger partial charge in [0, 0.05) is 11.8 Å². The van der Waals surface area contributed by atoms with E-state index in [2.05, 4.69) is 5.32 Å². The van der Waals surface area contributed by atoms with Crippen molar-refractivity contribution >= 4 is 17.3 Å². The Morgan fingerprint density at radius 1 is 1.25 bits per heavy atom. The van der Waals surface area contributed by atoms with Crippen molar-refractivity contribution in [2.75, 3.05) is 11.9 Å². The van der Waals surface area contributed by atoms with Crippen molar-refractivity contribution in [3.63, 3.8) is 0 Å². The Labute approximate surface area is 156 Å². The summed E-state index contributed by atoms with van der Waals surface area (Å²) in [7, 11) is 0. The minimum absolute atomic E-state index is 0.00901. The number of aromatic hydroxyl groups is 1. The van der Waals surface area contributed by atoms with E-state index in [4.69, 9.17) is 4.74 Å². The summed E-state index contributed by atoms with van der Waals surface area (Å²) in [6.07, 6.45) is -5.01. The van der Waals surface area contributed by atoms with Crippen LogP contribution >= 0.6 is 0 Å². The van der Waals surface area contributed by atoms with Crippen LogP contribution in [0.25, 0.3) is 0 Å². The van der Waals surface area contributed by atoms with Crippen LogP contribution in [0.3, 0.4) is 0 Å². The number of carbonyl (C=O) groups excluding carboxylic acids is 1. The van der Waals surface area contributed by atoms with Crippen molar-refractivity contribution in [3.05, 3.63) is 58.1 Å². The smallest absolute Gasteiger partial charge is 0.423 e. The molecule has 2 aromatic carbocycles. The van der Waals surface area contributed by atoms with Crippen LogP contribution < -0.4 is 10.1 Å². The van der Waals surface area contributed by atoms with Crippen LogP contribution in [0.4, 0.5) is 24.5 Å². The molecule has 0 aliphatic carbocycles. The molecule has 0 aliphatic rings. The van der Waals surface area contributed by atoms with Gasteiger partial charge in [-0.1, -0.05) is 12.1 Å². The highest BCUT2D eigenvalue weighted by Crippen LogP contribution is 2.37. The van der Waals surface area contributed by atoms with Gasteiger partial charge in [0.1, 0.15) is 12.2 Å². The summed E-state index contributed by atoms with van der Waals surface area (Å²) in [6, 6.07) is 7.68. The van der Waals surface area contributed by atoms with Crippen LogP contribution in [0.15, 0.2) is 42.5 Å². The van der Waals surface area contributed by atoms with Gasteiger partial charge in [-0.3, -0.25) is 14.9 Å². The number of anilines is 1. The highest BCUT2D eigenvalue weighted by Gasteiger charge is 2.39. The quantitative estimate of drug-likeness (QED) is 0.506. The summed E-state index contributed by atoms with van der Waals surface area (Å²) < 4.78 is 44.1. The van der Waals surface area contributed by atoms with Crippen molar-refractivity contribution in [2.45, 2.75) is 18.7 Å². The fraction of sp³-hybridized carbons (Fsp3) is 0.235. The summed E-state index contributed by atoms with van der Waals surface area (Å²) >= 11 is 0. The Morgan fingerprint density at radius 3 is 2.46 bits per heavy atom. The molecule has 1 amide bonds. The van der Waals surface area contributed by atoms with Gasteiger partial charge in [0.15, 0.2) is 17.1 Å². The number of carbonyl (C=O) groups is 1. The number of nitrogens with one attached hydrogen (secondary N) is 1. The van der Waals surface area contributed by atoms with Crippen molar-refractivity contribution in [2.24, 2.45) is 0 Å². The molecule has 0 saturated heterocycles. The lowest BCUT2D eigenvalue weighted by atomic mass is 10.1. The van der Waals surface area contributed by atoms with E-state index in [1.54, 1.807) is 6.07 Å². The lowest BCUT2D eigenvalue weighted by molar-refractivity contribution is -0.388. The molecule has 0 fully saturated rings. The lowest BCUT2D eigenvalue weighted by Gasteiger charge is -2.23. The fourth-order valence-electron chi connectivity index (χ4n) is 2.13. The van der Waals surface area contributed by atoms with Gasteiger partial charge >= 0.3 is 6.18 Å².